The lowest BCUT2D eigenvalue weighted by Crippen LogP contribution is -2.49. The van der Waals surface area contributed by atoms with Gasteiger partial charge in [0.2, 0.25) is 0 Å². The molecule has 7 heteroatoms. The minimum absolute atomic E-state index is 0.00541. The quantitative estimate of drug-likeness (QED) is 0.610. The monoisotopic (exact) mass is 420 g/mol. The summed E-state index contributed by atoms with van der Waals surface area (Å²) >= 11 is 0. The van der Waals surface area contributed by atoms with Gasteiger partial charge in [0.1, 0.15) is 17.2 Å². The third-order valence-corrected chi connectivity index (χ3v) is 5.44. The van der Waals surface area contributed by atoms with Crippen LogP contribution in [0.25, 0.3) is 5.69 Å². The zero-order valence-electron chi connectivity index (χ0n) is 18.2. The van der Waals surface area contributed by atoms with Crippen LogP contribution in [-0.4, -0.2) is 60.5 Å². The number of piperazine rings is 1. The summed E-state index contributed by atoms with van der Waals surface area (Å²) < 4.78 is 12.7. The van der Waals surface area contributed by atoms with Crippen LogP contribution in [0.3, 0.4) is 0 Å². The Balaban J connectivity index is 1.49. The molecule has 3 aromatic rings. The van der Waals surface area contributed by atoms with Gasteiger partial charge < -0.3 is 19.3 Å². The summed E-state index contributed by atoms with van der Waals surface area (Å²) in [5.41, 5.74) is 3.30. The first kappa shape index (κ1) is 20.8. The number of hydrogen-bond acceptors (Lipinski definition) is 5. The third-order valence-electron chi connectivity index (χ3n) is 5.44. The molecule has 0 saturated carbocycles. The van der Waals surface area contributed by atoms with E-state index < -0.39 is 0 Å². The highest BCUT2D eigenvalue weighted by atomic mass is 16.5. The van der Waals surface area contributed by atoms with Crippen LogP contribution >= 0.6 is 0 Å². The Hall–Kier alpha value is -3.48. The number of carbonyl (C=O) groups excluding carboxylic acids is 1. The summed E-state index contributed by atoms with van der Waals surface area (Å²) in [7, 11) is 1.63. The first-order valence-corrected chi connectivity index (χ1v) is 10.6. The lowest BCUT2D eigenvalue weighted by atomic mass is 10.2. The molecule has 1 fully saturated rings. The predicted octanol–water partition coefficient (Wildman–Crippen LogP) is 3.55. The number of ether oxygens (including phenoxy) is 2. The molecule has 1 aliphatic heterocycles. The second kappa shape index (κ2) is 9.12. The van der Waals surface area contributed by atoms with Gasteiger partial charge in [0.15, 0.2) is 0 Å². The van der Waals surface area contributed by atoms with E-state index in [1.54, 1.807) is 11.8 Å². The third kappa shape index (κ3) is 4.35. The van der Waals surface area contributed by atoms with Crippen molar-refractivity contribution < 1.29 is 14.3 Å². The Morgan fingerprint density at radius 2 is 1.74 bits per heavy atom. The van der Waals surface area contributed by atoms with Crippen molar-refractivity contribution in [2.45, 2.75) is 13.8 Å². The topological polar surface area (TPSA) is 59.8 Å². The van der Waals surface area contributed by atoms with Gasteiger partial charge in [-0.1, -0.05) is 12.1 Å². The highest BCUT2D eigenvalue weighted by Gasteiger charge is 2.26. The Morgan fingerprint density at radius 3 is 2.42 bits per heavy atom. The predicted molar refractivity (Wildman–Crippen MR) is 121 cm³/mol. The zero-order chi connectivity index (χ0) is 21.8. The average molecular weight is 421 g/mol. The number of nitrogens with zero attached hydrogens (tertiary/aromatic N) is 4. The fraction of sp³-hybridized carbons (Fsp3) is 0.333. The van der Waals surface area contributed by atoms with Crippen molar-refractivity contribution in [1.29, 1.82) is 0 Å². The maximum absolute atomic E-state index is 13.3. The maximum Gasteiger partial charge on any atom is 0.272 e. The number of anilines is 1. The standard InChI is InChI=1S/C24H28N4O3/c1-4-31-23-8-6-5-7-21(23)26-13-15-27(16-14-26)24(29)22-17-18(2)25-28(22)19-9-11-20(30-3)12-10-19/h5-12,17H,4,13-16H2,1-3H3. The first-order valence-electron chi connectivity index (χ1n) is 10.6. The second-order valence-electron chi connectivity index (χ2n) is 7.46. The van der Waals surface area contributed by atoms with Crippen LogP contribution in [0.1, 0.15) is 23.1 Å². The summed E-state index contributed by atoms with van der Waals surface area (Å²) in [6.07, 6.45) is 0. The van der Waals surface area contributed by atoms with Gasteiger partial charge in [0, 0.05) is 26.2 Å². The highest BCUT2D eigenvalue weighted by Crippen LogP contribution is 2.29. The number of carbonyl (C=O) groups is 1. The molecular weight excluding hydrogens is 392 g/mol. The zero-order valence-corrected chi connectivity index (χ0v) is 18.2. The van der Waals surface area contributed by atoms with Crippen LogP contribution in [0.15, 0.2) is 54.6 Å². The summed E-state index contributed by atoms with van der Waals surface area (Å²) in [6, 6.07) is 17.5. The van der Waals surface area contributed by atoms with Crippen molar-refractivity contribution in [3.8, 4) is 17.2 Å². The molecule has 4 rings (SSSR count). The van der Waals surface area contributed by atoms with Gasteiger partial charge in [0.05, 0.1) is 30.8 Å². The van der Waals surface area contributed by atoms with Crippen LogP contribution in [0.2, 0.25) is 0 Å². The number of aryl methyl sites for hydroxylation is 1. The molecule has 162 valence electrons. The fourth-order valence-electron chi connectivity index (χ4n) is 3.88. The number of amides is 1. The number of methoxy groups -OCH3 is 1. The SMILES string of the molecule is CCOc1ccccc1N1CCN(C(=O)c2cc(C)nn2-c2ccc(OC)cc2)CC1. The Labute approximate surface area is 182 Å². The molecular formula is C24H28N4O3. The molecule has 1 aliphatic rings. The molecule has 0 spiro atoms. The van der Waals surface area contributed by atoms with E-state index in [1.807, 2.05) is 67.3 Å². The van der Waals surface area contributed by atoms with Crippen LogP contribution in [0.4, 0.5) is 5.69 Å². The lowest BCUT2D eigenvalue weighted by Gasteiger charge is -2.36. The van der Waals surface area contributed by atoms with Crippen molar-refractivity contribution in [3.63, 3.8) is 0 Å². The molecule has 31 heavy (non-hydrogen) atoms. The summed E-state index contributed by atoms with van der Waals surface area (Å²) in [4.78, 5) is 17.5. The number of para-hydroxylation sites is 2. The molecule has 0 unspecified atom stereocenters. The Kier molecular flexibility index (Phi) is 6.11. The van der Waals surface area contributed by atoms with Crippen molar-refractivity contribution in [3.05, 3.63) is 66.0 Å². The maximum atomic E-state index is 13.3. The summed E-state index contributed by atoms with van der Waals surface area (Å²) in [6.45, 7) is 7.32. The summed E-state index contributed by atoms with van der Waals surface area (Å²) in [5.74, 6) is 1.65. The van der Waals surface area contributed by atoms with Gasteiger partial charge in [-0.2, -0.15) is 5.10 Å². The molecule has 2 aromatic carbocycles. The van der Waals surface area contributed by atoms with E-state index in [0.717, 1.165) is 41.7 Å². The average Bonchev–Trinajstić information content (AvgIpc) is 3.21. The van der Waals surface area contributed by atoms with Gasteiger partial charge in [-0.25, -0.2) is 4.68 Å². The molecule has 1 aromatic heterocycles. The number of aromatic nitrogens is 2. The van der Waals surface area contributed by atoms with E-state index in [2.05, 4.69) is 16.1 Å². The normalized spacial score (nSPS) is 13.9. The number of benzene rings is 2. The number of hydrogen-bond donors (Lipinski definition) is 0. The van der Waals surface area contributed by atoms with Crippen LogP contribution < -0.4 is 14.4 Å². The van der Waals surface area contributed by atoms with E-state index in [1.165, 1.54) is 0 Å². The molecule has 0 aliphatic carbocycles. The minimum Gasteiger partial charge on any atom is -0.497 e. The molecule has 0 atom stereocenters. The summed E-state index contributed by atoms with van der Waals surface area (Å²) in [5, 5.41) is 4.55. The van der Waals surface area contributed by atoms with E-state index in [4.69, 9.17) is 9.47 Å². The number of rotatable bonds is 6. The van der Waals surface area contributed by atoms with Crippen molar-refractivity contribution in [1.82, 2.24) is 14.7 Å². The van der Waals surface area contributed by atoms with E-state index in [0.29, 0.717) is 25.4 Å². The van der Waals surface area contributed by atoms with Gasteiger partial charge in [-0.05, 0) is 56.3 Å². The van der Waals surface area contributed by atoms with E-state index in [-0.39, 0.29) is 5.91 Å². The second-order valence-corrected chi connectivity index (χ2v) is 7.46. The smallest absolute Gasteiger partial charge is 0.272 e. The fourth-order valence-corrected chi connectivity index (χ4v) is 3.88. The lowest BCUT2D eigenvalue weighted by molar-refractivity contribution is 0.0737. The van der Waals surface area contributed by atoms with Crippen molar-refractivity contribution in [2.75, 3.05) is 44.8 Å². The first-order chi connectivity index (χ1) is 15.1. The van der Waals surface area contributed by atoms with Crippen molar-refractivity contribution in [2.24, 2.45) is 0 Å². The molecule has 7 nitrogen and oxygen atoms in total. The van der Waals surface area contributed by atoms with Crippen LogP contribution in [0.5, 0.6) is 11.5 Å². The van der Waals surface area contributed by atoms with E-state index in [9.17, 15) is 4.79 Å². The van der Waals surface area contributed by atoms with Crippen molar-refractivity contribution >= 4 is 11.6 Å². The molecule has 0 bridgehead atoms. The Bertz CT molecular complexity index is 1040. The van der Waals surface area contributed by atoms with Gasteiger partial charge in [-0.3, -0.25) is 4.79 Å². The van der Waals surface area contributed by atoms with Gasteiger partial charge >= 0.3 is 0 Å². The van der Waals surface area contributed by atoms with Gasteiger partial charge in [-0.15, -0.1) is 0 Å². The molecule has 0 N–H and O–H groups in total. The highest BCUT2D eigenvalue weighted by molar-refractivity contribution is 5.93. The van der Waals surface area contributed by atoms with Crippen LogP contribution in [0, 0.1) is 6.92 Å². The minimum atomic E-state index is -0.00541. The Morgan fingerprint density at radius 1 is 1.03 bits per heavy atom. The largest absolute Gasteiger partial charge is 0.497 e. The molecule has 2 heterocycles. The molecule has 0 radical (unpaired) electrons. The molecule has 1 saturated heterocycles. The molecule has 1 amide bonds. The van der Waals surface area contributed by atoms with Crippen LogP contribution in [-0.2, 0) is 0 Å². The van der Waals surface area contributed by atoms with Gasteiger partial charge in [0.25, 0.3) is 5.91 Å². The van der Waals surface area contributed by atoms with E-state index >= 15 is 0 Å².